The standard InChI is InChI=1S/C10H10Cl2/c11-8-2-1-3-9-4-6-10(12)7-5-9/h1,3-7H,2,8H2. The third-order valence-corrected chi connectivity index (χ3v) is 1.93. The van der Waals surface area contributed by atoms with Gasteiger partial charge in [0.2, 0.25) is 0 Å². The third kappa shape index (κ3) is 3.29. The molecule has 0 nitrogen and oxygen atoms in total. The Morgan fingerprint density at radius 2 is 1.83 bits per heavy atom. The summed E-state index contributed by atoms with van der Waals surface area (Å²) in [6.45, 7) is 0. The van der Waals surface area contributed by atoms with Crippen molar-refractivity contribution in [3.63, 3.8) is 0 Å². The molecule has 0 heterocycles. The van der Waals surface area contributed by atoms with Crippen LogP contribution in [0.2, 0.25) is 5.02 Å². The van der Waals surface area contributed by atoms with E-state index in [4.69, 9.17) is 23.2 Å². The maximum atomic E-state index is 5.73. The maximum absolute atomic E-state index is 5.73. The average Bonchev–Trinajstić information content (AvgIpc) is 2.09. The van der Waals surface area contributed by atoms with E-state index < -0.39 is 0 Å². The fourth-order valence-corrected chi connectivity index (χ4v) is 1.11. The second-order valence-corrected chi connectivity index (χ2v) is 3.25. The van der Waals surface area contributed by atoms with Crippen LogP contribution in [0.25, 0.3) is 6.08 Å². The summed E-state index contributed by atoms with van der Waals surface area (Å²) in [5, 5.41) is 0.768. The number of alkyl halides is 1. The Morgan fingerprint density at radius 3 is 2.42 bits per heavy atom. The molecule has 12 heavy (non-hydrogen) atoms. The van der Waals surface area contributed by atoms with Crippen LogP contribution in [0.3, 0.4) is 0 Å². The summed E-state index contributed by atoms with van der Waals surface area (Å²) in [6, 6.07) is 7.71. The minimum atomic E-state index is 0.671. The van der Waals surface area contributed by atoms with Gasteiger partial charge in [0.1, 0.15) is 0 Å². The van der Waals surface area contributed by atoms with Crippen molar-refractivity contribution in [3.8, 4) is 0 Å². The monoisotopic (exact) mass is 200 g/mol. The van der Waals surface area contributed by atoms with Gasteiger partial charge in [-0.3, -0.25) is 0 Å². The Kier molecular flexibility index (Phi) is 4.20. The van der Waals surface area contributed by atoms with Gasteiger partial charge in [0.15, 0.2) is 0 Å². The summed E-state index contributed by atoms with van der Waals surface area (Å²) in [7, 11) is 0. The average molecular weight is 201 g/mol. The highest BCUT2D eigenvalue weighted by atomic mass is 35.5. The van der Waals surface area contributed by atoms with Crippen LogP contribution in [0.1, 0.15) is 12.0 Å². The number of rotatable bonds is 3. The molecule has 0 radical (unpaired) electrons. The summed E-state index contributed by atoms with van der Waals surface area (Å²) < 4.78 is 0. The van der Waals surface area contributed by atoms with Crippen molar-refractivity contribution >= 4 is 29.3 Å². The molecule has 0 unspecified atom stereocenters. The van der Waals surface area contributed by atoms with Crippen LogP contribution in [0, 0.1) is 0 Å². The molecule has 0 aliphatic rings. The van der Waals surface area contributed by atoms with Crippen molar-refractivity contribution < 1.29 is 0 Å². The van der Waals surface area contributed by atoms with Gasteiger partial charge >= 0.3 is 0 Å². The van der Waals surface area contributed by atoms with Gasteiger partial charge in [-0.25, -0.2) is 0 Å². The van der Waals surface area contributed by atoms with Gasteiger partial charge in [0.05, 0.1) is 0 Å². The molecule has 1 rings (SSSR count). The number of halogens is 2. The van der Waals surface area contributed by atoms with E-state index in [-0.39, 0.29) is 0 Å². The fourth-order valence-electron chi connectivity index (χ4n) is 0.856. The first kappa shape index (κ1) is 9.63. The SMILES string of the molecule is ClCCC=Cc1ccc(Cl)cc1. The maximum Gasteiger partial charge on any atom is 0.0406 e. The summed E-state index contributed by atoms with van der Waals surface area (Å²) in [5.74, 6) is 0.671. The normalized spacial score (nSPS) is 10.8. The zero-order valence-corrected chi connectivity index (χ0v) is 8.15. The Labute approximate surface area is 82.8 Å². The number of hydrogen-bond acceptors (Lipinski definition) is 0. The highest BCUT2D eigenvalue weighted by Crippen LogP contribution is 2.10. The number of hydrogen-bond donors (Lipinski definition) is 0. The molecule has 0 fully saturated rings. The van der Waals surface area contributed by atoms with Crippen molar-refractivity contribution in [2.24, 2.45) is 0 Å². The Bertz CT molecular complexity index is 249. The molecule has 0 aliphatic carbocycles. The molecule has 1 aromatic rings. The van der Waals surface area contributed by atoms with Crippen LogP contribution in [0.4, 0.5) is 0 Å². The van der Waals surface area contributed by atoms with E-state index in [1.54, 1.807) is 0 Å². The van der Waals surface area contributed by atoms with Crippen molar-refractivity contribution in [1.82, 2.24) is 0 Å². The molecule has 0 amide bonds. The molecular formula is C10H10Cl2. The van der Waals surface area contributed by atoms with E-state index in [9.17, 15) is 0 Å². The number of allylic oxidation sites excluding steroid dienone is 1. The van der Waals surface area contributed by atoms with E-state index in [0.29, 0.717) is 5.88 Å². The van der Waals surface area contributed by atoms with Gasteiger partial charge in [-0.2, -0.15) is 0 Å². The highest BCUT2D eigenvalue weighted by molar-refractivity contribution is 6.30. The lowest BCUT2D eigenvalue weighted by Gasteiger charge is -1.92. The molecule has 2 heteroatoms. The third-order valence-electron chi connectivity index (χ3n) is 1.46. The first-order valence-electron chi connectivity index (χ1n) is 3.81. The Hall–Kier alpha value is -0.460. The van der Waals surface area contributed by atoms with Crippen molar-refractivity contribution in [3.05, 3.63) is 40.9 Å². The van der Waals surface area contributed by atoms with Gasteiger partial charge < -0.3 is 0 Å². The van der Waals surface area contributed by atoms with E-state index in [1.165, 1.54) is 0 Å². The lowest BCUT2D eigenvalue weighted by atomic mass is 10.2. The summed E-state index contributed by atoms with van der Waals surface area (Å²) in [6.07, 6.45) is 5.00. The quantitative estimate of drug-likeness (QED) is 0.648. The second kappa shape index (κ2) is 5.23. The van der Waals surface area contributed by atoms with Crippen molar-refractivity contribution in [1.29, 1.82) is 0 Å². The van der Waals surface area contributed by atoms with Gasteiger partial charge in [-0.1, -0.05) is 35.9 Å². The highest BCUT2D eigenvalue weighted by Gasteiger charge is 1.86. The largest absolute Gasteiger partial charge is 0.126 e. The summed E-state index contributed by atoms with van der Waals surface area (Å²) >= 11 is 11.2. The molecular weight excluding hydrogens is 191 g/mol. The van der Waals surface area contributed by atoms with Crippen LogP contribution in [-0.4, -0.2) is 5.88 Å². The van der Waals surface area contributed by atoms with Crippen LogP contribution in [-0.2, 0) is 0 Å². The first-order chi connectivity index (χ1) is 5.83. The predicted molar refractivity (Wildman–Crippen MR) is 55.8 cm³/mol. The zero-order valence-electron chi connectivity index (χ0n) is 6.63. The molecule has 0 saturated heterocycles. The van der Waals surface area contributed by atoms with E-state index in [2.05, 4.69) is 6.08 Å². The zero-order chi connectivity index (χ0) is 8.81. The molecule has 1 aromatic carbocycles. The Balaban J connectivity index is 2.58. The fraction of sp³-hybridized carbons (Fsp3) is 0.200. The predicted octanol–water partition coefficient (Wildman–Crippen LogP) is 3.98. The minimum absolute atomic E-state index is 0.671. The van der Waals surface area contributed by atoms with Crippen LogP contribution >= 0.6 is 23.2 Å². The number of benzene rings is 1. The molecule has 0 N–H and O–H groups in total. The molecule has 0 saturated carbocycles. The lowest BCUT2D eigenvalue weighted by molar-refractivity contribution is 1.24. The molecule has 0 aliphatic heterocycles. The van der Waals surface area contributed by atoms with Crippen LogP contribution in [0.5, 0.6) is 0 Å². The first-order valence-corrected chi connectivity index (χ1v) is 4.72. The topological polar surface area (TPSA) is 0 Å². The van der Waals surface area contributed by atoms with Crippen molar-refractivity contribution in [2.45, 2.75) is 6.42 Å². The van der Waals surface area contributed by atoms with E-state index >= 15 is 0 Å². The summed E-state index contributed by atoms with van der Waals surface area (Å²) in [4.78, 5) is 0. The Morgan fingerprint density at radius 1 is 1.17 bits per heavy atom. The summed E-state index contributed by atoms with van der Waals surface area (Å²) in [5.41, 5.74) is 1.16. The molecule has 0 aromatic heterocycles. The van der Waals surface area contributed by atoms with Crippen LogP contribution < -0.4 is 0 Å². The van der Waals surface area contributed by atoms with Gasteiger partial charge in [0, 0.05) is 10.9 Å². The van der Waals surface area contributed by atoms with Gasteiger partial charge in [-0.15, -0.1) is 11.6 Å². The molecule has 0 spiro atoms. The van der Waals surface area contributed by atoms with Gasteiger partial charge in [0.25, 0.3) is 0 Å². The second-order valence-electron chi connectivity index (χ2n) is 2.43. The van der Waals surface area contributed by atoms with Crippen molar-refractivity contribution in [2.75, 3.05) is 5.88 Å². The molecule has 0 atom stereocenters. The van der Waals surface area contributed by atoms with Gasteiger partial charge in [-0.05, 0) is 24.1 Å². The van der Waals surface area contributed by atoms with E-state index in [1.807, 2.05) is 30.3 Å². The van der Waals surface area contributed by atoms with E-state index in [0.717, 1.165) is 17.0 Å². The lowest BCUT2D eigenvalue weighted by Crippen LogP contribution is -1.71. The molecule has 0 bridgehead atoms. The minimum Gasteiger partial charge on any atom is -0.126 e. The van der Waals surface area contributed by atoms with Crippen LogP contribution in [0.15, 0.2) is 30.3 Å². The smallest absolute Gasteiger partial charge is 0.0406 e. The molecule has 64 valence electrons.